The molecule has 1 unspecified atom stereocenters. The SMILES string of the molecule is C[C@]12C=CC(=O)C=C1CC[C@@H]1C2[C@@H](O)C[C@@]2(C)[C@H]1CC[C@]2(O)C(=O)CO. The Balaban J connectivity index is 1.75. The smallest absolute Gasteiger partial charge is 0.190 e. The highest BCUT2D eigenvalue weighted by molar-refractivity contribution is 6.01. The van der Waals surface area contributed by atoms with Crippen molar-refractivity contribution in [3.63, 3.8) is 0 Å². The predicted octanol–water partition coefficient (Wildman–Crippen LogP) is 1.56. The van der Waals surface area contributed by atoms with Crippen molar-refractivity contribution in [2.45, 2.75) is 57.7 Å². The van der Waals surface area contributed by atoms with Crippen LogP contribution in [0, 0.1) is 28.6 Å². The van der Waals surface area contributed by atoms with Gasteiger partial charge in [0.2, 0.25) is 0 Å². The fourth-order valence-electron chi connectivity index (χ4n) is 6.92. The van der Waals surface area contributed by atoms with Gasteiger partial charge in [0, 0.05) is 16.7 Å². The lowest BCUT2D eigenvalue weighted by atomic mass is 9.46. The number of carbonyl (C=O) groups excluding carboxylic acids is 2. The van der Waals surface area contributed by atoms with Crippen molar-refractivity contribution in [2.24, 2.45) is 28.6 Å². The van der Waals surface area contributed by atoms with Crippen molar-refractivity contribution in [1.29, 1.82) is 0 Å². The van der Waals surface area contributed by atoms with Crippen molar-refractivity contribution in [3.8, 4) is 0 Å². The van der Waals surface area contributed by atoms with Crippen LogP contribution in [0.3, 0.4) is 0 Å². The van der Waals surface area contributed by atoms with E-state index in [4.69, 9.17) is 0 Å². The lowest BCUT2D eigenvalue weighted by Gasteiger charge is -2.59. The molecule has 0 bridgehead atoms. The van der Waals surface area contributed by atoms with Gasteiger partial charge < -0.3 is 15.3 Å². The Kier molecular flexibility index (Phi) is 3.89. The number of aliphatic hydroxyl groups excluding tert-OH is 2. The average Bonchev–Trinajstić information content (AvgIpc) is 2.86. The van der Waals surface area contributed by atoms with E-state index in [1.54, 1.807) is 12.2 Å². The number of Topliss-reactive ketones (excluding diaryl/α,β-unsaturated/α-hetero) is 1. The van der Waals surface area contributed by atoms with Crippen LogP contribution in [0.1, 0.15) is 46.0 Å². The molecule has 5 heteroatoms. The summed E-state index contributed by atoms with van der Waals surface area (Å²) in [5, 5.41) is 31.7. The molecule has 0 radical (unpaired) electrons. The molecule has 0 aromatic carbocycles. The summed E-state index contributed by atoms with van der Waals surface area (Å²) in [7, 11) is 0. The summed E-state index contributed by atoms with van der Waals surface area (Å²) >= 11 is 0. The molecule has 0 saturated heterocycles. The van der Waals surface area contributed by atoms with Crippen molar-refractivity contribution in [1.82, 2.24) is 0 Å². The number of carbonyl (C=O) groups is 2. The summed E-state index contributed by atoms with van der Waals surface area (Å²) < 4.78 is 0. The lowest BCUT2D eigenvalue weighted by molar-refractivity contribution is -0.178. The first kappa shape index (κ1) is 18.1. The summed E-state index contributed by atoms with van der Waals surface area (Å²) in [6, 6.07) is 0. The number of rotatable bonds is 2. The molecule has 3 fully saturated rings. The van der Waals surface area contributed by atoms with Gasteiger partial charge in [0.15, 0.2) is 11.6 Å². The molecule has 26 heavy (non-hydrogen) atoms. The first-order valence-corrected chi connectivity index (χ1v) is 9.66. The topological polar surface area (TPSA) is 94.8 Å². The third-order valence-electron chi connectivity index (χ3n) is 8.25. The Bertz CT molecular complexity index is 724. The van der Waals surface area contributed by atoms with Crippen molar-refractivity contribution < 1.29 is 24.9 Å². The van der Waals surface area contributed by atoms with Crippen LogP contribution in [0.15, 0.2) is 23.8 Å². The predicted molar refractivity (Wildman–Crippen MR) is 95.0 cm³/mol. The minimum absolute atomic E-state index is 0.00912. The van der Waals surface area contributed by atoms with E-state index >= 15 is 0 Å². The normalized spacial score (nSPS) is 49.9. The summed E-state index contributed by atoms with van der Waals surface area (Å²) in [5.74, 6) is -0.227. The van der Waals surface area contributed by atoms with Gasteiger partial charge in [-0.05, 0) is 56.1 Å². The van der Waals surface area contributed by atoms with Crippen LogP contribution >= 0.6 is 0 Å². The van der Waals surface area contributed by atoms with Crippen LogP contribution in [0.5, 0.6) is 0 Å². The molecular weight excluding hydrogens is 332 g/mol. The van der Waals surface area contributed by atoms with Crippen LogP contribution in [0.2, 0.25) is 0 Å². The molecule has 4 rings (SSSR count). The van der Waals surface area contributed by atoms with Gasteiger partial charge >= 0.3 is 0 Å². The Labute approximate surface area is 153 Å². The molecular formula is C21H28O5. The van der Waals surface area contributed by atoms with E-state index in [1.807, 2.05) is 13.0 Å². The van der Waals surface area contributed by atoms with Crippen LogP contribution in [-0.4, -0.2) is 45.2 Å². The molecule has 3 N–H and O–H groups in total. The van der Waals surface area contributed by atoms with Crippen molar-refractivity contribution in [2.75, 3.05) is 6.61 Å². The number of aliphatic hydroxyl groups is 3. The summed E-state index contributed by atoms with van der Waals surface area (Å²) in [6.07, 6.45) is 7.68. The van der Waals surface area contributed by atoms with Gasteiger partial charge in [0.25, 0.3) is 0 Å². The highest BCUT2D eigenvalue weighted by atomic mass is 16.3. The first-order chi connectivity index (χ1) is 12.2. The number of ketones is 2. The second kappa shape index (κ2) is 5.60. The molecule has 4 aliphatic rings. The van der Waals surface area contributed by atoms with Crippen LogP contribution in [-0.2, 0) is 9.59 Å². The number of hydrogen-bond acceptors (Lipinski definition) is 5. The quantitative estimate of drug-likeness (QED) is 0.695. The maximum atomic E-state index is 12.4. The van der Waals surface area contributed by atoms with E-state index in [1.165, 1.54) is 0 Å². The molecule has 0 spiro atoms. The highest BCUT2D eigenvalue weighted by Crippen LogP contribution is 2.67. The zero-order valence-corrected chi connectivity index (χ0v) is 15.4. The fraction of sp³-hybridized carbons (Fsp3) is 0.714. The van der Waals surface area contributed by atoms with E-state index < -0.39 is 29.5 Å². The summed E-state index contributed by atoms with van der Waals surface area (Å²) in [6.45, 7) is 3.34. The van der Waals surface area contributed by atoms with Gasteiger partial charge in [0.05, 0.1) is 6.10 Å². The molecule has 0 amide bonds. The summed E-state index contributed by atoms with van der Waals surface area (Å²) in [5.41, 5.74) is -1.54. The standard InChI is InChI=1S/C21H28O5/c1-19-7-5-13(23)9-12(19)3-4-14-15-6-8-21(26,17(25)11-22)20(15,2)10-16(24)18(14)19/h5,7,9,14-16,18,22,24,26H,3-4,6,8,10-11H2,1-2H3/t14-,15-,16-,18?,19-,20-,21-/m0/s1. The Morgan fingerprint density at radius 2 is 2.04 bits per heavy atom. The molecule has 142 valence electrons. The molecule has 4 aliphatic carbocycles. The first-order valence-electron chi connectivity index (χ1n) is 9.66. The highest BCUT2D eigenvalue weighted by Gasteiger charge is 2.67. The number of fused-ring (bicyclic) bond motifs is 5. The van der Waals surface area contributed by atoms with E-state index in [2.05, 4.69) is 6.92 Å². The zero-order chi connectivity index (χ0) is 18.9. The van der Waals surface area contributed by atoms with Crippen LogP contribution < -0.4 is 0 Å². The number of allylic oxidation sites excluding steroid dienone is 4. The van der Waals surface area contributed by atoms with Gasteiger partial charge in [-0.3, -0.25) is 9.59 Å². The van der Waals surface area contributed by atoms with Crippen molar-refractivity contribution >= 4 is 11.6 Å². The lowest BCUT2D eigenvalue weighted by Crippen LogP contribution is -2.61. The maximum Gasteiger partial charge on any atom is 0.190 e. The summed E-state index contributed by atoms with van der Waals surface area (Å²) in [4.78, 5) is 24.2. The Morgan fingerprint density at radius 1 is 1.31 bits per heavy atom. The second-order valence-electron chi connectivity index (χ2n) is 9.19. The molecule has 3 saturated carbocycles. The number of hydrogen-bond donors (Lipinski definition) is 3. The molecule has 0 aromatic rings. The fourth-order valence-corrected chi connectivity index (χ4v) is 6.92. The minimum atomic E-state index is -1.56. The average molecular weight is 360 g/mol. The van der Waals surface area contributed by atoms with Gasteiger partial charge in [-0.1, -0.05) is 25.5 Å². The minimum Gasteiger partial charge on any atom is -0.393 e. The van der Waals surface area contributed by atoms with Gasteiger partial charge in [-0.15, -0.1) is 0 Å². The molecule has 0 aromatic heterocycles. The van der Waals surface area contributed by atoms with Crippen LogP contribution in [0.4, 0.5) is 0 Å². The van der Waals surface area contributed by atoms with E-state index in [-0.39, 0.29) is 29.0 Å². The molecule has 5 nitrogen and oxygen atoms in total. The maximum absolute atomic E-state index is 12.4. The zero-order valence-electron chi connectivity index (χ0n) is 15.4. The van der Waals surface area contributed by atoms with E-state index in [0.717, 1.165) is 24.8 Å². The van der Waals surface area contributed by atoms with Gasteiger partial charge in [0.1, 0.15) is 12.2 Å². The Hall–Kier alpha value is -1.30. The second-order valence-corrected chi connectivity index (χ2v) is 9.19. The monoisotopic (exact) mass is 360 g/mol. The van der Waals surface area contributed by atoms with Crippen LogP contribution in [0.25, 0.3) is 0 Å². The third kappa shape index (κ3) is 2.08. The third-order valence-corrected chi connectivity index (χ3v) is 8.25. The van der Waals surface area contributed by atoms with E-state index in [0.29, 0.717) is 12.8 Å². The van der Waals surface area contributed by atoms with Gasteiger partial charge in [-0.2, -0.15) is 0 Å². The van der Waals surface area contributed by atoms with Crippen molar-refractivity contribution in [3.05, 3.63) is 23.8 Å². The largest absolute Gasteiger partial charge is 0.393 e. The van der Waals surface area contributed by atoms with Gasteiger partial charge in [-0.25, -0.2) is 0 Å². The molecule has 0 aliphatic heterocycles. The molecule has 7 atom stereocenters. The van der Waals surface area contributed by atoms with E-state index in [9.17, 15) is 24.9 Å². The Morgan fingerprint density at radius 3 is 2.73 bits per heavy atom. The molecule has 0 heterocycles.